The van der Waals surface area contributed by atoms with Crippen molar-refractivity contribution >= 4 is 11.9 Å². The maximum absolute atomic E-state index is 13.0. The monoisotopic (exact) mass is 1100 g/mol. The van der Waals surface area contributed by atoms with E-state index < -0.39 is 49.5 Å². The summed E-state index contributed by atoms with van der Waals surface area (Å²) in [6.45, 7) is 4.26. The van der Waals surface area contributed by atoms with E-state index in [9.17, 15) is 35.1 Å². The molecule has 1 amide bonds. The Kier molecular flexibility index (Phi) is 52.5. The number of nitrogens with one attached hydrogen (secondary N) is 1. The Bertz CT molecular complexity index is 1520. The van der Waals surface area contributed by atoms with Crippen molar-refractivity contribution in [2.75, 3.05) is 19.8 Å². The van der Waals surface area contributed by atoms with Crippen LogP contribution in [0.25, 0.3) is 0 Å². The van der Waals surface area contributed by atoms with Crippen LogP contribution in [0.3, 0.4) is 0 Å². The van der Waals surface area contributed by atoms with Gasteiger partial charge < -0.3 is 45.1 Å². The summed E-state index contributed by atoms with van der Waals surface area (Å²) >= 11 is 0. The third-order valence-corrected chi connectivity index (χ3v) is 14.7. The number of hydrogen-bond donors (Lipinski definition) is 6. The molecule has 0 aliphatic carbocycles. The number of carbonyl (C=O) groups excluding carboxylic acids is 2. The molecule has 1 saturated heterocycles. The predicted molar refractivity (Wildman–Crippen MR) is 324 cm³/mol. The third kappa shape index (κ3) is 44.8. The molecule has 11 nitrogen and oxygen atoms in total. The van der Waals surface area contributed by atoms with Crippen LogP contribution in [-0.4, -0.2) is 100 Å². The molecule has 1 heterocycles. The van der Waals surface area contributed by atoms with Crippen LogP contribution >= 0.6 is 0 Å². The van der Waals surface area contributed by atoms with Gasteiger partial charge in [-0.2, -0.15) is 0 Å². The minimum Gasteiger partial charge on any atom is -0.466 e. The molecule has 1 aliphatic rings. The molecule has 0 aromatic heterocycles. The van der Waals surface area contributed by atoms with Crippen LogP contribution in [0.4, 0.5) is 0 Å². The van der Waals surface area contributed by atoms with Crippen LogP contribution in [-0.2, 0) is 23.8 Å². The average Bonchev–Trinajstić information content (AvgIpc) is 3.44. The Balaban J connectivity index is 2.06. The van der Waals surface area contributed by atoms with Gasteiger partial charge in [-0.05, 0) is 116 Å². The molecule has 1 aliphatic heterocycles. The van der Waals surface area contributed by atoms with E-state index in [4.69, 9.17) is 14.2 Å². The normalized spacial score (nSPS) is 19.0. The largest absolute Gasteiger partial charge is 0.466 e. The van der Waals surface area contributed by atoms with Crippen LogP contribution in [0.2, 0.25) is 0 Å². The molecular formula is C67H119NO10. The van der Waals surface area contributed by atoms with Crippen molar-refractivity contribution in [1.82, 2.24) is 5.32 Å². The van der Waals surface area contributed by atoms with Gasteiger partial charge in [-0.15, -0.1) is 0 Å². The van der Waals surface area contributed by atoms with Crippen molar-refractivity contribution < 1.29 is 49.3 Å². The third-order valence-electron chi connectivity index (χ3n) is 14.7. The molecular weight excluding hydrogens is 979 g/mol. The fourth-order valence-electron chi connectivity index (χ4n) is 9.61. The zero-order valence-corrected chi connectivity index (χ0v) is 49.9. The zero-order valence-electron chi connectivity index (χ0n) is 49.9. The summed E-state index contributed by atoms with van der Waals surface area (Å²) in [4.78, 5) is 25.1. The van der Waals surface area contributed by atoms with E-state index in [0.717, 1.165) is 96.3 Å². The predicted octanol–water partition coefficient (Wildman–Crippen LogP) is 15.6. The molecule has 0 bridgehead atoms. The molecule has 6 N–H and O–H groups in total. The fourth-order valence-corrected chi connectivity index (χ4v) is 9.61. The van der Waals surface area contributed by atoms with E-state index in [1.54, 1.807) is 6.08 Å². The molecule has 452 valence electrons. The summed E-state index contributed by atoms with van der Waals surface area (Å²) in [6, 6.07) is -0.841. The Labute approximate surface area is 477 Å². The van der Waals surface area contributed by atoms with Gasteiger partial charge >= 0.3 is 5.97 Å². The van der Waals surface area contributed by atoms with Gasteiger partial charge in [0.15, 0.2) is 6.29 Å². The lowest BCUT2D eigenvalue weighted by atomic mass is 9.99. The first kappa shape index (κ1) is 73.1. The maximum Gasteiger partial charge on any atom is 0.305 e. The number of amides is 1. The summed E-state index contributed by atoms with van der Waals surface area (Å²) in [6.07, 6.45) is 64.4. The van der Waals surface area contributed by atoms with Gasteiger partial charge in [-0.25, -0.2) is 0 Å². The Hall–Kier alpha value is -2.90. The zero-order chi connectivity index (χ0) is 56.6. The second-order valence-corrected chi connectivity index (χ2v) is 22.1. The van der Waals surface area contributed by atoms with Gasteiger partial charge in [-0.3, -0.25) is 9.59 Å². The van der Waals surface area contributed by atoms with Crippen LogP contribution in [0.5, 0.6) is 0 Å². The number of esters is 1. The molecule has 0 saturated carbocycles. The maximum atomic E-state index is 13.0. The van der Waals surface area contributed by atoms with Gasteiger partial charge in [-0.1, -0.05) is 222 Å². The SMILES string of the molecule is CCCCC/C=C\CCCCCCCC(=O)OCCCCCCCCCCC/C=C\C/C=C\CCCCCCCCCCCC(=O)NC(COC1OC(CO)C(O)C(O)C1O)C(O)/C=C/CC/C=C/CC/C=C/CCCCC. The van der Waals surface area contributed by atoms with Gasteiger partial charge in [0, 0.05) is 12.8 Å². The van der Waals surface area contributed by atoms with E-state index in [0.29, 0.717) is 19.4 Å². The lowest BCUT2D eigenvalue weighted by molar-refractivity contribution is -0.302. The summed E-state index contributed by atoms with van der Waals surface area (Å²) in [7, 11) is 0. The molecule has 7 atom stereocenters. The second-order valence-electron chi connectivity index (χ2n) is 22.1. The Morgan fingerprint density at radius 2 is 0.872 bits per heavy atom. The van der Waals surface area contributed by atoms with Crippen LogP contribution in [0.15, 0.2) is 72.9 Å². The average molecular weight is 1100 g/mol. The Morgan fingerprint density at radius 3 is 1.35 bits per heavy atom. The standard InChI is InChI=1S/C67H119NO10/c1-3-5-7-9-11-13-15-30-33-37-41-45-49-53-60(70)59(58-77-67-66(75)65(74)64(73)61(57-69)78-67)68-62(71)54-50-46-42-38-34-31-28-26-24-22-20-18-17-19-21-23-25-27-29-32-36-40-44-48-52-56-76-63(72)55-51-47-43-39-35-16-14-12-10-8-6-4-2/h11-14,18-21,33,37,49,53,59-61,64-67,69-70,73-75H,3-10,15-17,22-32,34-36,38-48,50-52,54-58H2,1-2H3,(H,68,71)/b13-11+,14-12-,20-18-,21-19-,37-33+,53-49+. The molecule has 0 spiro atoms. The number of unbranched alkanes of at least 4 members (excludes halogenated alkanes) is 31. The number of carbonyl (C=O) groups is 2. The van der Waals surface area contributed by atoms with Gasteiger partial charge in [0.2, 0.25) is 5.91 Å². The van der Waals surface area contributed by atoms with Crippen LogP contribution < -0.4 is 5.32 Å². The van der Waals surface area contributed by atoms with Crippen molar-refractivity contribution in [3.63, 3.8) is 0 Å². The van der Waals surface area contributed by atoms with E-state index in [-0.39, 0.29) is 18.5 Å². The molecule has 1 rings (SSSR count). The fraction of sp³-hybridized carbons (Fsp3) is 0.791. The first-order chi connectivity index (χ1) is 38.2. The molecule has 0 radical (unpaired) electrons. The molecule has 1 fully saturated rings. The van der Waals surface area contributed by atoms with E-state index in [2.05, 4.69) is 79.9 Å². The number of allylic oxidation sites excluding steroid dienone is 11. The topological polar surface area (TPSA) is 175 Å². The minimum atomic E-state index is -1.58. The molecule has 78 heavy (non-hydrogen) atoms. The molecule has 7 unspecified atom stereocenters. The van der Waals surface area contributed by atoms with E-state index in [1.165, 1.54) is 154 Å². The first-order valence-electron chi connectivity index (χ1n) is 32.2. The lowest BCUT2D eigenvalue weighted by Crippen LogP contribution is -2.60. The molecule has 11 heteroatoms. The number of aliphatic hydroxyl groups is 5. The summed E-state index contributed by atoms with van der Waals surface area (Å²) in [5.74, 6) is -0.217. The number of rotatable bonds is 55. The first-order valence-corrected chi connectivity index (χ1v) is 32.2. The van der Waals surface area contributed by atoms with Crippen molar-refractivity contribution in [2.45, 2.75) is 320 Å². The summed E-state index contributed by atoms with van der Waals surface area (Å²) < 4.78 is 16.7. The highest BCUT2D eigenvalue weighted by atomic mass is 16.7. The number of ether oxygens (including phenoxy) is 3. The van der Waals surface area contributed by atoms with E-state index in [1.807, 2.05) is 6.08 Å². The minimum absolute atomic E-state index is 0.0132. The number of aliphatic hydroxyl groups excluding tert-OH is 5. The number of hydrogen-bond acceptors (Lipinski definition) is 10. The van der Waals surface area contributed by atoms with Crippen LogP contribution in [0.1, 0.15) is 277 Å². The van der Waals surface area contributed by atoms with Gasteiger partial charge in [0.1, 0.15) is 24.4 Å². The quantitative estimate of drug-likeness (QED) is 0.0195. The second kappa shape index (κ2) is 56.0. The van der Waals surface area contributed by atoms with Gasteiger partial charge in [0.25, 0.3) is 0 Å². The van der Waals surface area contributed by atoms with Crippen molar-refractivity contribution in [3.8, 4) is 0 Å². The molecule has 0 aromatic carbocycles. The highest BCUT2D eigenvalue weighted by molar-refractivity contribution is 5.76. The van der Waals surface area contributed by atoms with Crippen molar-refractivity contribution in [3.05, 3.63) is 72.9 Å². The van der Waals surface area contributed by atoms with Crippen LogP contribution in [0, 0.1) is 0 Å². The lowest BCUT2D eigenvalue weighted by Gasteiger charge is -2.40. The highest BCUT2D eigenvalue weighted by Gasteiger charge is 2.44. The highest BCUT2D eigenvalue weighted by Crippen LogP contribution is 2.23. The Morgan fingerprint density at radius 1 is 0.474 bits per heavy atom. The van der Waals surface area contributed by atoms with Gasteiger partial charge in [0.05, 0.1) is 32.0 Å². The summed E-state index contributed by atoms with van der Waals surface area (Å²) in [5.41, 5.74) is 0. The van der Waals surface area contributed by atoms with Crippen molar-refractivity contribution in [2.24, 2.45) is 0 Å². The van der Waals surface area contributed by atoms with Crippen molar-refractivity contribution in [1.29, 1.82) is 0 Å². The van der Waals surface area contributed by atoms with E-state index >= 15 is 0 Å². The molecule has 0 aromatic rings. The smallest absolute Gasteiger partial charge is 0.305 e. The summed E-state index contributed by atoms with van der Waals surface area (Å²) in [5, 5.41) is 54.4.